The van der Waals surface area contributed by atoms with Crippen molar-refractivity contribution in [2.24, 2.45) is 0 Å². The minimum atomic E-state index is -0.612. The number of carbonyl (C=O) groups is 1. The van der Waals surface area contributed by atoms with E-state index in [1.807, 2.05) is 13.0 Å². The molecule has 100 valence electrons. The lowest BCUT2D eigenvalue weighted by molar-refractivity contribution is -0.385. The van der Waals surface area contributed by atoms with Crippen molar-refractivity contribution in [3.63, 3.8) is 0 Å². The minimum Gasteiger partial charge on any atom is -0.508 e. The van der Waals surface area contributed by atoms with Crippen LogP contribution in [-0.2, 0) is 0 Å². The van der Waals surface area contributed by atoms with Crippen molar-refractivity contribution >= 4 is 11.6 Å². The summed E-state index contributed by atoms with van der Waals surface area (Å²) in [6.45, 7) is 2.91. The lowest BCUT2D eigenvalue weighted by atomic mass is 10.1. The minimum absolute atomic E-state index is 0.0697. The van der Waals surface area contributed by atoms with Gasteiger partial charge in [-0.1, -0.05) is 11.6 Å². The number of aromatic hydroxyl groups is 1. The molecule has 1 N–H and O–H groups in total. The molecule has 1 heterocycles. The van der Waals surface area contributed by atoms with Gasteiger partial charge in [0.15, 0.2) is 0 Å². The fourth-order valence-electron chi connectivity index (χ4n) is 2.11. The number of nitro benzene ring substituents is 1. The molecule has 1 aliphatic heterocycles. The Balaban J connectivity index is 2.35. The van der Waals surface area contributed by atoms with Crippen molar-refractivity contribution in [1.29, 1.82) is 0 Å². The highest BCUT2D eigenvalue weighted by Gasteiger charge is 2.26. The molecule has 0 atom stereocenters. The van der Waals surface area contributed by atoms with Crippen LogP contribution in [-0.4, -0.2) is 33.9 Å². The first-order chi connectivity index (χ1) is 8.99. The fourth-order valence-corrected chi connectivity index (χ4v) is 2.11. The number of amides is 1. The molecule has 19 heavy (non-hydrogen) atoms. The van der Waals surface area contributed by atoms with Gasteiger partial charge in [-0.05, 0) is 25.5 Å². The van der Waals surface area contributed by atoms with E-state index in [0.717, 1.165) is 24.1 Å². The van der Waals surface area contributed by atoms with Gasteiger partial charge in [-0.3, -0.25) is 14.9 Å². The maximum Gasteiger partial charge on any atom is 0.282 e. The molecule has 6 heteroatoms. The van der Waals surface area contributed by atoms with Gasteiger partial charge in [0, 0.05) is 19.2 Å². The summed E-state index contributed by atoms with van der Waals surface area (Å²) in [6.07, 6.45) is 2.78. The molecule has 1 amide bonds. The van der Waals surface area contributed by atoms with E-state index in [0.29, 0.717) is 13.1 Å². The molecular weight excluding hydrogens is 248 g/mol. The van der Waals surface area contributed by atoms with Crippen LogP contribution in [0.1, 0.15) is 23.7 Å². The van der Waals surface area contributed by atoms with E-state index in [2.05, 4.69) is 0 Å². The number of rotatable bonds is 2. The van der Waals surface area contributed by atoms with Gasteiger partial charge in [0.05, 0.1) is 4.92 Å². The highest BCUT2D eigenvalue weighted by molar-refractivity contribution is 5.98. The third kappa shape index (κ3) is 2.73. The summed E-state index contributed by atoms with van der Waals surface area (Å²) in [4.78, 5) is 24.2. The fraction of sp³-hybridized carbons (Fsp3) is 0.308. The molecule has 0 aromatic heterocycles. The maximum atomic E-state index is 12.3. The zero-order valence-electron chi connectivity index (χ0n) is 10.5. The van der Waals surface area contributed by atoms with Crippen LogP contribution in [0.5, 0.6) is 5.75 Å². The first-order valence-electron chi connectivity index (χ1n) is 5.91. The van der Waals surface area contributed by atoms with Crippen molar-refractivity contribution in [1.82, 2.24) is 4.90 Å². The summed E-state index contributed by atoms with van der Waals surface area (Å²) >= 11 is 0. The highest BCUT2D eigenvalue weighted by Crippen LogP contribution is 2.25. The molecule has 6 nitrogen and oxygen atoms in total. The Bertz CT molecular complexity index is 566. The van der Waals surface area contributed by atoms with Crippen LogP contribution in [0.3, 0.4) is 0 Å². The summed E-state index contributed by atoms with van der Waals surface area (Å²) < 4.78 is 0. The van der Waals surface area contributed by atoms with Crippen LogP contribution in [0.2, 0.25) is 0 Å². The first kappa shape index (κ1) is 13.1. The number of hydrogen-bond donors (Lipinski definition) is 1. The number of nitro groups is 1. The topological polar surface area (TPSA) is 83.7 Å². The second kappa shape index (κ2) is 5.09. The second-order valence-corrected chi connectivity index (χ2v) is 4.52. The van der Waals surface area contributed by atoms with E-state index < -0.39 is 10.8 Å². The lowest BCUT2D eigenvalue weighted by Gasteiger charge is -2.26. The average Bonchev–Trinajstić information content (AvgIpc) is 2.37. The Morgan fingerprint density at radius 1 is 1.47 bits per heavy atom. The normalized spacial score (nSPS) is 15.0. The molecule has 0 spiro atoms. The molecule has 0 aliphatic carbocycles. The molecule has 0 saturated carbocycles. The third-order valence-electron chi connectivity index (χ3n) is 3.03. The van der Waals surface area contributed by atoms with Crippen molar-refractivity contribution in [2.45, 2.75) is 13.3 Å². The van der Waals surface area contributed by atoms with Crippen molar-refractivity contribution in [3.05, 3.63) is 45.5 Å². The van der Waals surface area contributed by atoms with Crippen LogP contribution < -0.4 is 0 Å². The number of carbonyl (C=O) groups excluding carboxylic acids is 1. The Morgan fingerprint density at radius 2 is 2.21 bits per heavy atom. The average molecular weight is 262 g/mol. The molecule has 0 saturated heterocycles. The zero-order valence-corrected chi connectivity index (χ0v) is 10.5. The number of phenols is 1. The smallest absolute Gasteiger partial charge is 0.282 e. The Morgan fingerprint density at radius 3 is 2.84 bits per heavy atom. The summed E-state index contributed by atoms with van der Waals surface area (Å²) in [7, 11) is 0. The predicted molar refractivity (Wildman–Crippen MR) is 69.0 cm³/mol. The molecule has 0 bridgehead atoms. The molecule has 1 aromatic rings. The summed E-state index contributed by atoms with van der Waals surface area (Å²) in [5.41, 5.74) is 0.706. The molecule has 1 aliphatic rings. The van der Waals surface area contributed by atoms with Gasteiger partial charge in [0.2, 0.25) is 0 Å². The highest BCUT2D eigenvalue weighted by atomic mass is 16.6. The molecular formula is C13H14N2O4. The standard InChI is InChI=1S/C13H14N2O4/c1-9-3-2-6-14(8-9)13(17)11-7-10(16)4-5-12(11)15(18)19/h3-5,7,16H,2,6,8H2,1H3. The van der Waals surface area contributed by atoms with Crippen LogP contribution in [0.15, 0.2) is 29.8 Å². The van der Waals surface area contributed by atoms with E-state index in [1.54, 1.807) is 4.90 Å². The third-order valence-corrected chi connectivity index (χ3v) is 3.03. The summed E-state index contributed by atoms with van der Waals surface area (Å²) in [5.74, 6) is -0.576. The van der Waals surface area contributed by atoms with Gasteiger partial charge in [-0.2, -0.15) is 0 Å². The summed E-state index contributed by atoms with van der Waals surface area (Å²) in [6, 6.07) is 3.50. The van der Waals surface area contributed by atoms with Gasteiger partial charge >= 0.3 is 0 Å². The number of nitrogens with zero attached hydrogens (tertiary/aromatic N) is 2. The van der Waals surface area contributed by atoms with Gasteiger partial charge in [0.1, 0.15) is 11.3 Å². The van der Waals surface area contributed by atoms with Gasteiger partial charge in [-0.15, -0.1) is 0 Å². The monoisotopic (exact) mass is 262 g/mol. The van der Waals surface area contributed by atoms with Crippen LogP contribution >= 0.6 is 0 Å². The number of hydrogen-bond acceptors (Lipinski definition) is 4. The molecule has 0 unspecified atom stereocenters. The number of phenolic OH excluding ortho intramolecular Hbond substituents is 1. The van der Waals surface area contributed by atoms with Crippen LogP contribution in [0, 0.1) is 10.1 Å². The first-order valence-corrected chi connectivity index (χ1v) is 5.91. The van der Waals surface area contributed by atoms with E-state index in [4.69, 9.17) is 0 Å². The second-order valence-electron chi connectivity index (χ2n) is 4.52. The summed E-state index contributed by atoms with van der Waals surface area (Å²) in [5, 5.41) is 20.3. The van der Waals surface area contributed by atoms with Gasteiger partial charge in [0.25, 0.3) is 11.6 Å². The molecule has 1 aromatic carbocycles. The quantitative estimate of drug-likeness (QED) is 0.502. The van der Waals surface area contributed by atoms with Gasteiger partial charge in [-0.25, -0.2) is 0 Å². The van der Waals surface area contributed by atoms with Crippen LogP contribution in [0.4, 0.5) is 5.69 Å². The van der Waals surface area contributed by atoms with Crippen molar-refractivity contribution in [2.75, 3.05) is 13.1 Å². The zero-order chi connectivity index (χ0) is 14.0. The Hall–Kier alpha value is -2.37. The molecule has 0 radical (unpaired) electrons. The molecule has 2 rings (SSSR count). The maximum absolute atomic E-state index is 12.3. The largest absolute Gasteiger partial charge is 0.508 e. The van der Waals surface area contributed by atoms with Crippen LogP contribution in [0.25, 0.3) is 0 Å². The predicted octanol–water partition coefficient (Wildman–Crippen LogP) is 2.09. The van der Waals surface area contributed by atoms with Crippen molar-refractivity contribution in [3.8, 4) is 5.75 Å². The lowest BCUT2D eigenvalue weighted by Crippen LogP contribution is -2.35. The SMILES string of the molecule is CC1=CCCN(C(=O)c2cc(O)ccc2[N+](=O)[O-])C1. The Labute approximate surface area is 110 Å². The van der Waals surface area contributed by atoms with Crippen molar-refractivity contribution < 1.29 is 14.8 Å². The van der Waals surface area contributed by atoms with E-state index in [1.165, 1.54) is 6.07 Å². The van der Waals surface area contributed by atoms with E-state index in [9.17, 15) is 20.0 Å². The van der Waals surface area contributed by atoms with E-state index >= 15 is 0 Å². The Kier molecular flexibility index (Phi) is 3.50. The van der Waals surface area contributed by atoms with Gasteiger partial charge < -0.3 is 10.0 Å². The number of benzene rings is 1. The molecule has 0 fully saturated rings. The van der Waals surface area contributed by atoms with E-state index in [-0.39, 0.29) is 17.0 Å².